The van der Waals surface area contributed by atoms with Gasteiger partial charge in [0.1, 0.15) is 0 Å². The van der Waals surface area contributed by atoms with E-state index < -0.39 is 0 Å². The van der Waals surface area contributed by atoms with Gasteiger partial charge in [-0.1, -0.05) is 6.07 Å². The van der Waals surface area contributed by atoms with Crippen LogP contribution in [0.4, 0.5) is 5.69 Å². The Labute approximate surface area is 111 Å². The molecule has 1 fully saturated rings. The quantitative estimate of drug-likeness (QED) is 0.868. The van der Waals surface area contributed by atoms with Gasteiger partial charge in [0, 0.05) is 17.8 Å². The van der Waals surface area contributed by atoms with Gasteiger partial charge in [-0.3, -0.25) is 0 Å². The van der Waals surface area contributed by atoms with Gasteiger partial charge in [0.05, 0.1) is 0 Å². The second kappa shape index (κ2) is 4.93. The van der Waals surface area contributed by atoms with E-state index in [4.69, 9.17) is 5.73 Å². The molecule has 1 aromatic rings. The van der Waals surface area contributed by atoms with Gasteiger partial charge in [0.15, 0.2) is 0 Å². The second-order valence-electron chi connectivity index (χ2n) is 6.40. The maximum atomic E-state index is 5.84. The summed E-state index contributed by atoms with van der Waals surface area (Å²) in [5.41, 5.74) is 10.1. The Hall–Kier alpha value is -1.02. The van der Waals surface area contributed by atoms with E-state index in [2.05, 4.69) is 50.8 Å². The van der Waals surface area contributed by atoms with E-state index in [-0.39, 0.29) is 5.54 Å². The molecule has 100 valence electrons. The number of nitrogens with two attached hydrogens (primary N) is 1. The van der Waals surface area contributed by atoms with Crippen LogP contribution in [0.2, 0.25) is 0 Å². The summed E-state index contributed by atoms with van der Waals surface area (Å²) in [6.07, 6.45) is 2.41. The van der Waals surface area contributed by atoms with Gasteiger partial charge in [-0.05, 0) is 76.3 Å². The Balaban J connectivity index is 2.27. The fourth-order valence-electron chi connectivity index (χ4n) is 3.32. The second-order valence-corrected chi connectivity index (χ2v) is 6.40. The number of benzene rings is 1. The van der Waals surface area contributed by atoms with Gasteiger partial charge in [-0.2, -0.15) is 0 Å². The summed E-state index contributed by atoms with van der Waals surface area (Å²) in [4.78, 5) is 2.55. The highest BCUT2D eigenvalue weighted by Gasteiger charge is 2.34. The molecule has 1 saturated heterocycles. The molecule has 18 heavy (non-hydrogen) atoms. The van der Waals surface area contributed by atoms with Gasteiger partial charge in [0.25, 0.3) is 0 Å². The number of rotatable bonds is 2. The molecule has 0 spiro atoms. The first-order chi connectivity index (χ1) is 8.42. The number of nitrogens with zero attached hydrogens (tertiary/aromatic N) is 1. The third kappa shape index (κ3) is 2.69. The fraction of sp³-hybridized carbons (Fsp3) is 0.625. The molecule has 1 aromatic carbocycles. The zero-order valence-corrected chi connectivity index (χ0v) is 12.2. The van der Waals surface area contributed by atoms with Crippen LogP contribution in [0.5, 0.6) is 0 Å². The zero-order chi connectivity index (χ0) is 13.3. The predicted molar refractivity (Wildman–Crippen MR) is 79.1 cm³/mol. The lowest BCUT2D eigenvalue weighted by Gasteiger charge is -2.47. The standard InChI is InChI=1S/C16H26N2/c1-12-7-13(2)9-15(8-12)18-6-5-14(11-17)10-16(18,3)4/h7-9,14H,5-6,10-11,17H2,1-4H3. The summed E-state index contributed by atoms with van der Waals surface area (Å²) in [5.74, 6) is 0.683. The smallest absolute Gasteiger partial charge is 0.0375 e. The predicted octanol–water partition coefficient (Wildman–Crippen LogP) is 3.26. The molecule has 1 aliphatic rings. The van der Waals surface area contributed by atoms with Crippen LogP contribution in [0.25, 0.3) is 0 Å². The highest BCUT2D eigenvalue weighted by atomic mass is 15.2. The molecular weight excluding hydrogens is 220 g/mol. The minimum atomic E-state index is 0.211. The summed E-state index contributed by atoms with van der Waals surface area (Å²) >= 11 is 0. The van der Waals surface area contributed by atoms with Crippen LogP contribution < -0.4 is 10.6 Å². The lowest BCUT2D eigenvalue weighted by Crippen LogP contribution is -2.51. The highest BCUT2D eigenvalue weighted by Crippen LogP contribution is 2.35. The van der Waals surface area contributed by atoms with Gasteiger partial charge in [-0.25, -0.2) is 0 Å². The Morgan fingerprint density at radius 3 is 2.33 bits per heavy atom. The van der Waals surface area contributed by atoms with Crippen LogP contribution in [0.1, 0.15) is 37.8 Å². The number of piperidine rings is 1. The molecule has 0 radical (unpaired) electrons. The molecule has 0 amide bonds. The fourth-order valence-corrected chi connectivity index (χ4v) is 3.32. The third-order valence-corrected chi connectivity index (χ3v) is 4.13. The summed E-state index contributed by atoms with van der Waals surface area (Å²) in [7, 11) is 0. The van der Waals surface area contributed by atoms with Crippen molar-refractivity contribution in [3.05, 3.63) is 29.3 Å². The van der Waals surface area contributed by atoms with Gasteiger partial charge >= 0.3 is 0 Å². The minimum absolute atomic E-state index is 0.211. The van der Waals surface area contributed by atoms with Crippen molar-refractivity contribution in [2.45, 2.75) is 46.1 Å². The number of hydrogen-bond donors (Lipinski definition) is 1. The van der Waals surface area contributed by atoms with Gasteiger partial charge in [-0.15, -0.1) is 0 Å². The molecule has 1 atom stereocenters. The average molecular weight is 246 g/mol. The molecule has 1 aliphatic heterocycles. The third-order valence-electron chi connectivity index (χ3n) is 4.13. The molecule has 0 bridgehead atoms. The number of aryl methyl sites for hydroxylation is 2. The lowest BCUT2D eigenvalue weighted by atomic mass is 9.82. The largest absolute Gasteiger partial charge is 0.366 e. The summed E-state index contributed by atoms with van der Waals surface area (Å²) < 4.78 is 0. The first-order valence-electron chi connectivity index (χ1n) is 6.98. The van der Waals surface area contributed by atoms with E-state index >= 15 is 0 Å². The van der Waals surface area contributed by atoms with Crippen LogP contribution in [-0.4, -0.2) is 18.6 Å². The van der Waals surface area contributed by atoms with E-state index in [0.29, 0.717) is 5.92 Å². The zero-order valence-electron chi connectivity index (χ0n) is 12.2. The molecule has 1 heterocycles. The SMILES string of the molecule is Cc1cc(C)cc(N2CCC(CN)CC2(C)C)c1. The van der Waals surface area contributed by atoms with Crippen LogP contribution >= 0.6 is 0 Å². The van der Waals surface area contributed by atoms with Crippen LogP contribution in [-0.2, 0) is 0 Å². The lowest BCUT2D eigenvalue weighted by molar-refractivity contribution is 0.279. The van der Waals surface area contributed by atoms with Crippen molar-refractivity contribution >= 4 is 5.69 Å². The van der Waals surface area contributed by atoms with Crippen LogP contribution in [0.15, 0.2) is 18.2 Å². The number of hydrogen-bond acceptors (Lipinski definition) is 2. The molecule has 2 nitrogen and oxygen atoms in total. The first kappa shape index (κ1) is 13.4. The first-order valence-corrected chi connectivity index (χ1v) is 6.98. The Morgan fingerprint density at radius 2 is 1.83 bits per heavy atom. The van der Waals surface area contributed by atoms with E-state index in [1.807, 2.05) is 0 Å². The molecule has 0 aliphatic carbocycles. The van der Waals surface area contributed by atoms with Crippen LogP contribution in [0.3, 0.4) is 0 Å². The minimum Gasteiger partial charge on any atom is -0.366 e. The van der Waals surface area contributed by atoms with Crippen molar-refractivity contribution in [2.24, 2.45) is 11.7 Å². The van der Waals surface area contributed by atoms with Gasteiger partial charge < -0.3 is 10.6 Å². The van der Waals surface area contributed by atoms with E-state index in [1.165, 1.54) is 29.7 Å². The molecule has 2 N–H and O–H groups in total. The normalized spacial score (nSPS) is 23.2. The maximum absolute atomic E-state index is 5.84. The molecular formula is C16H26N2. The summed E-state index contributed by atoms with van der Waals surface area (Å²) in [6.45, 7) is 11.0. The number of anilines is 1. The van der Waals surface area contributed by atoms with Crippen molar-refractivity contribution < 1.29 is 0 Å². The summed E-state index contributed by atoms with van der Waals surface area (Å²) in [5, 5.41) is 0. The van der Waals surface area contributed by atoms with E-state index in [1.54, 1.807) is 0 Å². The topological polar surface area (TPSA) is 29.3 Å². The molecule has 2 rings (SSSR count). The maximum Gasteiger partial charge on any atom is 0.0375 e. The molecule has 1 unspecified atom stereocenters. The van der Waals surface area contributed by atoms with E-state index in [0.717, 1.165) is 13.1 Å². The Kier molecular flexibility index (Phi) is 3.67. The van der Waals surface area contributed by atoms with Crippen molar-refractivity contribution in [1.82, 2.24) is 0 Å². The Morgan fingerprint density at radius 1 is 1.22 bits per heavy atom. The van der Waals surface area contributed by atoms with Gasteiger partial charge in [0.2, 0.25) is 0 Å². The Bertz CT molecular complexity index is 403. The molecule has 0 saturated carbocycles. The van der Waals surface area contributed by atoms with E-state index in [9.17, 15) is 0 Å². The molecule has 2 heteroatoms. The van der Waals surface area contributed by atoms with Crippen molar-refractivity contribution in [3.63, 3.8) is 0 Å². The monoisotopic (exact) mass is 246 g/mol. The summed E-state index contributed by atoms with van der Waals surface area (Å²) in [6, 6.07) is 6.85. The van der Waals surface area contributed by atoms with Crippen LogP contribution in [0, 0.1) is 19.8 Å². The van der Waals surface area contributed by atoms with Crippen molar-refractivity contribution in [2.75, 3.05) is 18.0 Å². The average Bonchev–Trinajstić information content (AvgIpc) is 2.26. The van der Waals surface area contributed by atoms with Crippen molar-refractivity contribution in [1.29, 1.82) is 0 Å². The highest BCUT2D eigenvalue weighted by molar-refractivity contribution is 5.53. The van der Waals surface area contributed by atoms with Crippen molar-refractivity contribution in [3.8, 4) is 0 Å². The molecule has 0 aromatic heterocycles.